The number of ether oxygens (including phenoxy) is 1. The Kier molecular flexibility index (Phi) is 8.07. The summed E-state index contributed by atoms with van der Waals surface area (Å²) in [7, 11) is 0. The van der Waals surface area contributed by atoms with Crippen molar-refractivity contribution in [3.63, 3.8) is 0 Å². The van der Waals surface area contributed by atoms with Gasteiger partial charge in [-0.1, -0.05) is 100.0 Å². The molecule has 0 heterocycles. The summed E-state index contributed by atoms with van der Waals surface area (Å²) in [6.45, 7) is 10.8. The van der Waals surface area contributed by atoms with Gasteiger partial charge in [0.05, 0.1) is 12.5 Å². The van der Waals surface area contributed by atoms with Crippen molar-refractivity contribution >= 4 is 22.5 Å². The van der Waals surface area contributed by atoms with E-state index in [1.54, 1.807) is 0 Å². The molecule has 0 saturated carbocycles. The van der Waals surface area contributed by atoms with Gasteiger partial charge in [0, 0.05) is 12.3 Å². The molecular formula is C30H36O3. The number of aryl methyl sites for hydroxylation is 1. The SMILES string of the molecule is Cc1ccc2cc([C@H](C)C(=O)C[C@@H](Cc3ccccc3)C(=O)OCCC(C)(C)C)ccc2c1. The molecule has 0 bridgehead atoms. The zero-order valence-electron chi connectivity index (χ0n) is 20.6. The van der Waals surface area contributed by atoms with Crippen LogP contribution in [0.2, 0.25) is 0 Å². The summed E-state index contributed by atoms with van der Waals surface area (Å²) in [5, 5.41) is 2.29. The van der Waals surface area contributed by atoms with Crippen LogP contribution in [-0.4, -0.2) is 18.4 Å². The van der Waals surface area contributed by atoms with Gasteiger partial charge in [0.2, 0.25) is 0 Å². The fourth-order valence-electron chi connectivity index (χ4n) is 3.97. The lowest BCUT2D eigenvalue weighted by Crippen LogP contribution is -2.26. The lowest BCUT2D eigenvalue weighted by molar-refractivity contribution is -0.150. The third-order valence-corrected chi connectivity index (χ3v) is 6.20. The van der Waals surface area contributed by atoms with E-state index in [4.69, 9.17) is 4.74 Å². The van der Waals surface area contributed by atoms with Crippen molar-refractivity contribution < 1.29 is 14.3 Å². The van der Waals surface area contributed by atoms with Crippen molar-refractivity contribution in [2.24, 2.45) is 11.3 Å². The lowest BCUT2D eigenvalue weighted by Gasteiger charge is -2.21. The van der Waals surface area contributed by atoms with E-state index in [0.29, 0.717) is 13.0 Å². The molecule has 0 saturated heterocycles. The largest absolute Gasteiger partial charge is 0.465 e. The van der Waals surface area contributed by atoms with Crippen LogP contribution < -0.4 is 0 Å². The van der Waals surface area contributed by atoms with Crippen molar-refractivity contribution in [2.75, 3.05) is 6.61 Å². The summed E-state index contributed by atoms with van der Waals surface area (Å²) in [5.41, 5.74) is 3.33. The number of hydrogen-bond donors (Lipinski definition) is 0. The Balaban J connectivity index is 1.73. The van der Waals surface area contributed by atoms with E-state index in [1.165, 1.54) is 10.9 Å². The maximum absolute atomic E-state index is 13.3. The molecule has 0 fully saturated rings. The van der Waals surface area contributed by atoms with Crippen molar-refractivity contribution in [1.82, 2.24) is 0 Å². The highest BCUT2D eigenvalue weighted by atomic mass is 16.5. The lowest BCUT2D eigenvalue weighted by atomic mass is 9.87. The summed E-state index contributed by atoms with van der Waals surface area (Å²) < 4.78 is 5.62. The average molecular weight is 445 g/mol. The topological polar surface area (TPSA) is 43.4 Å². The van der Waals surface area contributed by atoms with Crippen LogP contribution in [0.4, 0.5) is 0 Å². The van der Waals surface area contributed by atoms with Crippen LogP contribution in [0.1, 0.15) is 63.1 Å². The molecular weight excluding hydrogens is 408 g/mol. The minimum atomic E-state index is -0.481. The standard InChI is InChI=1S/C30H36O3/c1-21-11-12-26-19-24(13-14-25(26)17-21)22(2)28(31)20-27(18-23-9-7-6-8-10-23)29(32)33-16-15-30(3,4)5/h6-14,17,19,22,27H,15-16,18,20H2,1-5H3/t22-,27+/m0/s1. The molecule has 3 nitrogen and oxygen atoms in total. The van der Waals surface area contributed by atoms with Crippen molar-refractivity contribution in [3.8, 4) is 0 Å². The Morgan fingerprint density at radius 2 is 1.58 bits per heavy atom. The van der Waals surface area contributed by atoms with E-state index in [-0.39, 0.29) is 29.5 Å². The maximum Gasteiger partial charge on any atom is 0.309 e. The highest BCUT2D eigenvalue weighted by Gasteiger charge is 2.27. The zero-order valence-corrected chi connectivity index (χ0v) is 20.6. The summed E-state index contributed by atoms with van der Waals surface area (Å²) in [4.78, 5) is 26.2. The molecule has 0 aromatic heterocycles. The van der Waals surface area contributed by atoms with Gasteiger partial charge >= 0.3 is 5.97 Å². The Hall–Kier alpha value is -2.94. The molecule has 0 aliphatic heterocycles. The Bertz CT molecular complexity index is 1090. The predicted octanol–water partition coefficient (Wildman–Crippen LogP) is 7.05. The van der Waals surface area contributed by atoms with Gasteiger partial charge in [0.15, 0.2) is 0 Å². The van der Waals surface area contributed by atoms with Crippen LogP contribution in [0, 0.1) is 18.3 Å². The molecule has 174 valence electrons. The molecule has 3 heteroatoms. The predicted molar refractivity (Wildman–Crippen MR) is 135 cm³/mol. The molecule has 0 aliphatic rings. The Labute approximate surface area is 198 Å². The van der Waals surface area contributed by atoms with E-state index < -0.39 is 5.92 Å². The summed E-state index contributed by atoms with van der Waals surface area (Å²) in [6.07, 6.45) is 1.47. The quantitative estimate of drug-likeness (QED) is 0.332. The fraction of sp³-hybridized carbons (Fsp3) is 0.400. The van der Waals surface area contributed by atoms with E-state index in [0.717, 1.165) is 22.9 Å². The van der Waals surface area contributed by atoms with Crippen molar-refractivity contribution in [1.29, 1.82) is 0 Å². The first-order valence-corrected chi connectivity index (χ1v) is 11.9. The van der Waals surface area contributed by atoms with Gasteiger partial charge < -0.3 is 4.74 Å². The van der Waals surface area contributed by atoms with Gasteiger partial charge in [-0.05, 0) is 47.1 Å². The number of Topliss-reactive ketones (excluding diaryl/α,β-unsaturated/α-hetero) is 1. The highest BCUT2D eigenvalue weighted by molar-refractivity contribution is 5.91. The second-order valence-corrected chi connectivity index (χ2v) is 10.4. The van der Waals surface area contributed by atoms with Gasteiger partial charge in [-0.25, -0.2) is 0 Å². The Morgan fingerprint density at radius 1 is 0.909 bits per heavy atom. The number of rotatable bonds is 9. The monoisotopic (exact) mass is 444 g/mol. The summed E-state index contributed by atoms with van der Waals surface area (Å²) in [5.74, 6) is -0.977. The fourth-order valence-corrected chi connectivity index (χ4v) is 3.97. The zero-order chi connectivity index (χ0) is 24.0. The summed E-state index contributed by atoms with van der Waals surface area (Å²) >= 11 is 0. The number of ketones is 1. The first kappa shape index (κ1) is 24.7. The molecule has 0 unspecified atom stereocenters. The number of hydrogen-bond acceptors (Lipinski definition) is 3. The third-order valence-electron chi connectivity index (χ3n) is 6.20. The van der Waals surface area contributed by atoms with E-state index in [1.807, 2.05) is 43.3 Å². The third kappa shape index (κ3) is 7.28. The smallest absolute Gasteiger partial charge is 0.309 e. The molecule has 33 heavy (non-hydrogen) atoms. The van der Waals surface area contributed by atoms with E-state index in [2.05, 4.69) is 58.0 Å². The Morgan fingerprint density at radius 3 is 2.27 bits per heavy atom. The summed E-state index contributed by atoms with van der Waals surface area (Å²) in [6, 6.07) is 22.4. The van der Waals surface area contributed by atoms with Gasteiger partial charge in [0.25, 0.3) is 0 Å². The maximum atomic E-state index is 13.3. The molecule has 3 aromatic rings. The molecule has 0 radical (unpaired) electrons. The number of carbonyl (C=O) groups is 2. The number of esters is 1. The van der Waals surface area contributed by atoms with Crippen LogP contribution in [0.3, 0.4) is 0 Å². The molecule has 0 N–H and O–H groups in total. The number of benzene rings is 3. The molecule has 3 rings (SSSR count). The van der Waals surface area contributed by atoms with Crippen LogP contribution in [0.5, 0.6) is 0 Å². The van der Waals surface area contributed by atoms with Gasteiger partial charge in [-0.2, -0.15) is 0 Å². The van der Waals surface area contributed by atoms with Crippen LogP contribution in [0.15, 0.2) is 66.7 Å². The normalized spacial score (nSPS) is 13.5. The van der Waals surface area contributed by atoms with Crippen molar-refractivity contribution in [3.05, 3.63) is 83.4 Å². The number of carbonyl (C=O) groups excluding carboxylic acids is 2. The minimum absolute atomic E-state index is 0.0650. The minimum Gasteiger partial charge on any atom is -0.465 e. The average Bonchev–Trinajstić information content (AvgIpc) is 2.77. The van der Waals surface area contributed by atoms with Crippen LogP contribution in [-0.2, 0) is 20.7 Å². The van der Waals surface area contributed by atoms with Gasteiger partial charge in [0.1, 0.15) is 5.78 Å². The molecule has 0 amide bonds. The van der Waals surface area contributed by atoms with Crippen LogP contribution >= 0.6 is 0 Å². The first-order valence-electron chi connectivity index (χ1n) is 11.9. The highest BCUT2D eigenvalue weighted by Crippen LogP contribution is 2.27. The van der Waals surface area contributed by atoms with Crippen LogP contribution in [0.25, 0.3) is 10.8 Å². The van der Waals surface area contributed by atoms with Gasteiger partial charge in [-0.15, -0.1) is 0 Å². The first-order chi connectivity index (χ1) is 15.6. The van der Waals surface area contributed by atoms with Crippen molar-refractivity contribution in [2.45, 2.75) is 59.8 Å². The van der Waals surface area contributed by atoms with Gasteiger partial charge in [-0.3, -0.25) is 9.59 Å². The molecule has 0 spiro atoms. The van der Waals surface area contributed by atoms with E-state index >= 15 is 0 Å². The molecule has 2 atom stereocenters. The number of fused-ring (bicyclic) bond motifs is 1. The molecule has 3 aromatic carbocycles. The van der Waals surface area contributed by atoms with E-state index in [9.17, 15) is 9.59 Å². The molecule has 0 aliphatic carbocycles. The second kappa shape index (κ2) is 10.8. The second-order valence-electron chi connectivity index (χ2n) is 10.4.